The van der Waals surface area contributed by atoms with Crippen molar-refractivity contribution in [1.29, 1.82) is 0 Å². The van der Waals surface area contributed by atoms with Crippen LogP contribution in [0.2, 0.25) is 0 Å². The third kappa shape index (κ3) is 3.30. The molecule has 20 heavy (non-hydrogen) atoms. The number of nitro groups is 1. The van der Waals surface area contributed by atoms with Gasteiger partial charge in [0.2, 0.25) is 0 Å². The van der Waals surface area contributed by atoms with Gasteiger partial charge >= 0.3 is 5.69 Å². The van der Waals surface area contributed by atoms with Crippen molar-refractivity contribution in [2.24, 2.45) is 5.92 Å². The Bertz CT molecular complexity index is 473. The molecule has 6 heteroatoms. The van der Waals surface area contributed by atoms with Gasteiger partial charge in [0, 0.05) is 24.0 Å². The second kappa shape index (κ2) is 6.54. The maximum Gasteiger partial charge on any atom is 0.304 e. The lowest BCUT2D eigenvalue weighted by Crippen LogP contribution is -2.23. The number of anilines is 1. The molecule has 1 aliphatic rings. The summed E-state index contributed by atoms with van der Waals surface area (Å²) in [5.74, 6) is 0.732. The van der Waals surface area contributed by atoms with E-state index in [4.69, 9.17) is 0 Å². The minimum Gasteiger partial charge on any atom is -0.388 e. The second-order valence-corrected chi connectivity index (χ2v) is 6.53. The fourth-order valence-electron chi connectivity index (χ4n) is 2.73. The smallest absolute Gasteiger partial charge is 0.304 e. The lowest BCUT2D eigenvalue weighted by Gasteiger charge is -2.20. The van der Waals surface area contributed by atoms with E-state index >= 15 is 0 Å². The maximum absolute atomic E-state index is 11.2. The van der Waals surface area contributed by atoms with E-state index in [1.54, 1.807) is 6.92 Å². The maximum atomic E-state index is 11.2. The molecule has 0 radical (unpaired) electrons. The van der Waals surface area contributed by atoms with E-state index in [2.05, 4.69) is 11.8 Å². The Hall–Kier alpha value is -1.14. The van der Waals surface area contributed by atoms with Crippen LogP contribution in [0.5, 0.6) is 0 Å². The Kier molecular flexibility index (Phi) is 4.99. The molecule has 0 saturated carbocycles. The van der Waals surface area contributed by atoms with Crippen molar-refractivity contribution < 1.29 is 10.0 Å². The van der Waals surface area contributed by atoms with Crippen molar-refractivity contribution in [3.05, 3.63) is 21.1 Å². The molecule has 0 aromatic carbocycles. The standard InChI is InChI=1S/C14H22N2O3S/c1-3-11-5-4-7-15(8-6-11)14-12(16(18)19)9-13(20-14)10(2)17/h9-11,17H,3-8H2,1-2H3/t10-,11?/m1/s1. The molecule has 1 saturated heterocycles. The van der Waals surface area contributed by atoms with E-state index in [1.165, 1.54) is 30.2 Å². The Balaban J connectivity index is 2.24. The van der Waals surface area contributed by atoms with Crippen LogP contribution >= 0.6 is 11.3 Å². The fraction of sp³-hybridized carbons (Fsp3) is 0.714. The summed E-state index contributed by atoms with van der Waals surface area (Å²) in [5.41, 5.74) is 0.140. The lowest BCUT2D eigenvalue weighted by molar-refractivity contribution is -0.383. The topological polar surface area (TPSA) is 66.6 Å². The highest BCUT2D eigenvalue weighted by atomic mass is 32.1. The summed E-state index contributed by atoms with van der Waals surface area (Å²) in [5, 5.41) is 21.6. The molecular formula is C14H22N2O3S. The van der Waals surface area contributed by atoms with Gasteiger partial charge in [-0.3, -0.25) is 10.1 Å². The molecular weight excluding hydrogens is 276 g/mol. The van der Waals surface area contributed by atoms with Gasteiger partial charge in [0.05, 0.1) is 11.0 Å². The van der Waals surface area contributed by atoms with Crippen molar-refractivity contribution in [3.63, 3.8) is 0 Å². The zero-order valence-electron chi connectivity index (χ0n) is 12.0. The zero-order chi connectivity index (χ0) is 14.7. The van der Waals surface area contributed by atoms with Gasteiger partial charge in [0.1, 0.15) is 0 Å². The van der Waals surface area contributed by atoms with Crippen molar-refractivity contribution in [2.75, 3.05) is 18.0 Å². The highest BCUT2D eigenvalue weighted by Gasteiger charge is 2.27. The molecule has 2 atom stereocenters. The summed E-state index contributed by atoms with van der Waals surface area (Å²) < 4.78 is 0. The molecule has 1 aromatic rings. The summed E-state index contributed by atoms with van der Waals surface area (Å²) in [4.78, 5) is 13.7. The minimum atomic E-state index is -0.650. The summed E-state index contributed by atoms with van der Waals surface area (Å²) in [6, 6.07) is 1.52. The average molecular weight is 298 g/mol. The van der Waals surface area contributed by atoms with Crippen LogP contribution in [0.15, 0.2) is 6.07 Å². The molecule has 1 fully saturated rings. The minimum absolute atomic E-state index is 0.140. The summed E-state index contributed by atoms with van der Waals surface area (Å²) in [7, 11) is 0. The molecule has 0 bridgehead atoms. The van der Waals surface area contributed by atoms with Gasteiger partial charge in [-0.15, -0.1) is 11.3 Å². The van der Waals surface area contributed by atoms with E-state index in [1.807, 2.05) is 0 Å². The van der Waals surface area contributed by atoms with E-state index in [0.29, 0.717) is 9.88 Å². The van der Waals surface area contributed by atoms with Gasteiger partial charge in [0.15, 0.2) is 5.00 Å². The molecule has 1 unspecified atom stereocenters. The monoisotopic (exact) mass is 298 g/mol. The van der Waals surface area contributed by atoms with Gasteiger partial charge in [0.25, 0.3) is 0 Å². The molecule has 0 spiro atoms. The molecule has 0 aliphatic carbocycles. The molecule has 5 nitrogen and oxygen atoms in total. The van der Waals surface area contributed by atoms with Crippen LogP contribution in [0, 0.1) is 16.0 Å². The quantitative estimate of drug-likeness (QED) is 0.679. The predicted molar refractivity (Wildman–Crippen MR) is 81.5 cm³/mol. The molecule has 1 N–H and O–H groups in total. The van der Waals surface area contributed by atoms with Gasteiger partial charge in [-0.05, 0) is 32.1 Å². The first-order chi connectivity index (χ1) is 9.52. The van der Waals surface area contributed by atoms with E-state index in [9.17, 15) is 15.2 Å². The largest absolute Gasteiger partial charge is 0.388 e. The van der Waals surface area contributed by atoms with Crippen LogP contribution in [-0.2, 0) is 0 Å². The Morgan fingerprint density at radius 3 is 2.90 bits per heavy atom. The zero-order valence-corrected chi connectivity index (χ0v) is 12.9. The number of thiophene rings is 1. The van der Waals surface area contributed by atoms with E-state index < -0.39 is 6.10 Å². The van der Waals surface area contributed by atoms with Crippen LogP contribution < -0.4 is 4.90 Å². The third-order valence-electron chi connectivity index (χ3n) is 4.03. The van der Waals surface area contributed by atoms with E-state index in [-0.39, 0.29) is 10.6 Å². The van der Waals surface area contributed by atoms with Gasteiger partial charge in [-0.25, -0.2) is 0 Å². The summed E-state index contributed by atoms with van der Waals surface area (Å²) >= 11 is 1.35. The highest BCUT2D eigenvalue weighted by Crippen LogP contribution is 2.41. The van der Waals surface area contributed by atoms with Crippen LogP contribution in [0.1, 0.15) is 50.5 Å². The van der Waals surface area contributed by atoms with Gasteiger partial charge in [-0.1, -0.05) is 13.3 Å². The first-order valence-corrected chi connectivity index (χ1v) is 8.05. The van der Waals surface area contributed by atoms with Crippen LogP contribution in [0.4, 0.5) is 10.7 Å². The molecule has 0 amide bonds. The third-order valence-corrected chi connectivity index (χ3v) is 5.39. The molecule has 1 aromatic heterocycles. The Morgan fingerprint density at radius 1 is 1.55 bits per heavy atom. The van der Waals surface area contributed by atoms with Crippen molar-refractivity contribution >= 4 is 22.0 Å². The van der Waals surface area contributed by atoms with Gasteiger partial charge < -0.3 is 10.0 Å². The number of rotatable bonds is 4. The van der Waals surface area contributed by atoms with Crippen molar-refractivity contribution in [1.82, 2.24) is 0 Å². The lowest BCUT2D eigenvalue weighted by atomic mass is 9.98. The number of hydrogen-bond acceptors (Lipinski definition) is 5. The number of hydrogen-bond donors (Lipinski definition) is 1. The Labute approximate surface area is 123 Å². The first kappa shape index (κ1) is 15.3. The van der Waals surface area contributed by atoms with Crippen molar-refractivity contribution in [2.45, 2.75) is 45.6 Å². The molecule has 112 valence electrons. The summed E-state index contributed by atoms with van der Waals surface area (Å²) in [6.45, 7) is 5.60. The number of aliphatic hydroxyl groups is 1. The first-order valence-electron chi connectivity index (χ1n) is 7.24. The predicted octanol–water partition coefficient (Wildman–Crippen LogP) is 3.73. The molecule has 2 rings (SSSR count). The SMILES string of the molecule is CCC1CCCN(c2sc([C@@H](C)O)cc2[N+](=O)[O-])CC1. The van der Waals surface area contributed by atoms with Crippen LogP contribution in [0.3, 0.4) is 0 Å². The number of aliphatic hydroxyl groups excluding tert-OH is 1. The fourth-order valence-corrected chi connectivity index (χ4v) is 3.84. The Morgan fingerprint density at radius 2 is 2.30 bits per heavy atom. The summed E-state index contributed by atoms with van der Waals surface area (Å²) in [6.07, 6.45) is 3.91. The van der Waals surface area contributed by atoms with Crippen molar-refractivity contribution in [3.8, 4) is 0 Å². The normalized spacial score (nSPS) is 21.6. The molecule has 1 aliphatic heterocycles. The van der Waals surface area contributed by atoms with Gasteiger partial charge in [-0.2, -0.15) is 0 Å². The average Bonchev–Trinajstić information content (AvgIpc) is 2.72. The van der Waals surface area contributed by atoms with Crippen LogP contribution in [-0.4, -0.2) is 23.1 Å². The number of nitrogens with zero attached hydrogens (tertiary/aromatic N) is 2. The highest BCUT2D eigenvalue weighted by molar-refractivity contribution is 7.16. The second-order valence-electron chi connectivity index (χ2n) is 5.46. The van der Waals surface area contributed by atoms with Crippen LogP contribution in [0.25, 0.3) is 0 Å². The van der Waals surface area contributed by atoms with E-state index in [0.717, 1.165) is 31.8 Å². The molecule has 2 heterocycles.